The van der Waals surface area contributed by atoms with Crippen molar-refractivity contribution in [3.05, 3.63) is 11.8 Å². The molecule has 0 aromatic rings. The minimum absolute atomic E-state index is 0.833. The molecule has 1 aliphatic carbocycles. The zero-order valence-electron chi connectivity index (χ0n) is 4.18. The van der Waals surface area contributed by atoms with Gasteiger partial charge in [0, 0.05) is 0 Å². The number of ether oxygens (including phenoxy) is 1. The van der Waals surface area contributed by atoms with E-state index in [1.165, 1.54) is 18.6 Å². The summed E-state index contributed by atoms with van der Waals surface area (Å²) in [5, 5.41) is 0. The van der Waals surface area contributed by atoms with Gasteiger partial charge in [0.2, 0.25) is 0 Å². The SMILES string of the molecule is C1=C2OCC2CC1. The molecule has 2 aliphatic rings. The van der Waals surface area contributed by atoms with E-state index in [1.54, 1.807) is 0 Å². The van der Waals surface area contributed by atoms with Crippen molar-refractivity contribution in [3.63, 3.8) is 0 Å². The third kappa shape index (κ3) is 0.328. The largest absolute Gasteiger partial charge is 0.497 e. The highest BCUT2D eigenvalue weighted by atomic mass is 16.5. The molecule has 0 spiro atoms. The van der Waals surface area contributed by atoms with Gasteiger partial charge < -0.3 is 4.74 Å². The van der Waals surface area contributed by atoms with E-state index >= 15 is 0 Å². The van der Waals surface area contributed by atoms with Gasteiger partial charge in [-0.15, -0.1) is 0 Å². The second-order valence-corrected chi connectivity index (χ2v) is 2.19. The molecule has 0 aromatic heterocycles. The molecule has 1 saturated heterocycles. The van der Waals surface area contributed by atoms with Crippen LogP contribution in [0.15, 0.2) is 11.8 Å². The zero-order chi connectivity index (χ0) is 4.69. The van der Waals surface area contributed by atoms with Gasteiger partial charge in [-0.2, -0.15) is 0 Å². The Bertz CT molecular complexity index is 115. The van der Waals surface area contributed by atoms with Crippen molar-refractivity contribution in [1.29, 1.82) is 0 Å². The van der Waals surface area contributed by atoms with Gasteiger partial charge in [-0.1, -0.05) is 0 Å². The average Bonchev–Trinajstić information content (AvgIpc) is 1.85. The van der Waals surface area contributed by atoms with E-state index in [1.807, 2.05) is 0 Å². The third-order valence-corrected chi connectivity index (χ3v) is 1.71. The number of hydrogen-bond donors (Lipinski definition) is 0. The summed E-state index contributed by atoms with van der Waals surface area (Å²) < 4.78 is 5.12. The van der Waals surface area contributed by atoms with Crippen LogP contribution < -0.4 is 0 Å². The van der Waals surface area contributed by atoms with Crippen molar-refractivity contribution in [1.82, 2.24) is 0 Å². The summed E-state index contributed by atoms with van der Waals surface area (Å²) in [6.45, 7) is 0.992. The van der Waals surface area contributed by atoms with E-state index in [2.05, 4.69) is 6.08 Å². The average molecular weight is 96.1 g/mol. The van der Waals surface area contributed by atoms with Crippen molar-refractivity contribution >= 4 is 0 Å². The Labute approximate surface area is 43.0 Å². The van der Waals surface area contributed by atoms with E-state index in [0.717, 1.165) is 12.5 Å². The van der Waals surface area contributed by atoms with Crippen LogP contribution >= 0.6 is 0 Å². The molecule has 2 rings (SSSR count). The Kier molecular flexibility index (Phi) is 0.518. The second-order valence-electron chi connectivity index (χ2n) is 2.19. The predicted molar refractivity (Wildman–Crippen MR) is 26.8 cm³/mol. The van der Waals surface area contributed by atoms with Crippen LogP contribution in [-0.4, -0.2) is 6.61 Å². The molecule has 0 N–H and O–H groups in total. The van der Waals surface area contributed by atoms with E-state index in [4.69, 9.17) is 4.74 Å². The summed E-state index contributed by atoms with van der Waals surface area (Å²) in [5.41, 5.74) is 0. The fourth-order valence-electron chi connectivity index (χ4n) is 1.18. The molecule has 0 amide bonds. The van der Waals surface area contributed by atoms with E-state index in [0.29, 0.717) is 0 Å². The highest BCUT2D eigenvalue weighted by Crippen LogP contribution is 2.34. The van der Waals surface area contributed by atoms with Gasteiger partial charge in [-0.05, 0) is 18.9 Å². The van der Waals surface area contributed by atoms with Crippen LogP contribution in [0.5, 0.6) is 0 Å². The van der Waals surface area contributed by atoms with E-state index in [9.17, 15) is 0 Å². The monoisotopic (exact) mass is 96.1 g/mol. The van der Waals surface area contributed by atoms with Crippen molar-refractivity contribution in [2.45, 2.75) is 12.8 Å². The van der Waals surface area contributed by atoms with Gasteiger partial charge in [-0.3, -0.25) is 0 Å². The predicted octanol–water partition coefficient (Wildman–Crippen LogP) is 1.31. The first kappa shape index (κ1) is 3.53. The minimum Gasteiger partial charge on any atom is -0.497 e. The van der Waals surface area contributed by atoms with Crippen LogP contribution in [0.25, 0.3) is 0 Å². The molecule has 38 valence electrons. The lowest BCUT2D eigenvalue weighted by Gasteiger charge is -2.25. The van der Waals surface area contributed by atoms with Crippen LogP contribution in [0.3, 0.4) is 0 Å². The molecule has 0 aromatic carbocycles. The van der Waals surface area contributed by atoms with Crippen LogP contribution in [-0.2, 0) is 4.74 Å². The van der Waals surface area contributed by atoms with Gasteiger partial charge in [0.1, 0.15) is 0 Å². The number of rotatable bonds is 0. The molecule has 0 saturated carbocycles. The Morgan fingerprint density at radius 3 is 3.00 bits per heavy atom. The lowest BCUT2D eigenvalue weighted by atomic mass is 10.1. The first-order chi connectivity index (χ1) is 3.47. The summed E-state index contributed by atoms with van der Waals surface area (Å²) in [6, 6.07) is 0. The fourth-order valence-corrected chi connectivity index (χ4v) is 1.18. The molecule has 1 fully saturated rings. The molecule has 1 unspecified atom stereocenters. The minimum atomic E-state index is 0.833. The Balaban J connectivity index is 2.21. The molecule has 1 aliphatic heterocycles. The molecule has 1 heterocycles. The maximum Gasteiger partial charge on any atom is 0.0985 e. The van der Waals surface area contributed by atoms with Gasteiger partial charge in [0.05, 0.1) is 18.3 Å². The number of fused-ring (bicyclic) bond motifs is 1. The smallest absolute Gasteiger partial charge is 0.0985 e. The van der Waals surface area contributed by atoms with Crippen molar-refractivity contribution in [3.8, 4) is 0 Å². The van der Waals surface area contributed by atoms with Crippen molar-refractivity contribution in [2.75, 3.05) is 6.61 Å². The fraction of sp³-hybridized carbons (Fsp3) is 0.667. The first-order valence-electron chi connectivity index (χ1n) is 2.79. The highest BCUT2D eigenvalue weighted by molar-refractivity contribution is 5.11. The quantitative estimate of drug-likeness (QED) is 0.442. The van der Waals surface area contributed by atoms with Crippen molar-refractivity contribution < 1.29 is 4.74 Å². The molecule has 1 atom stereocenters. The van der Waals surface area contributed by atoms with Gasteiger partial charge in [0.15, 0.2) is 0 Å². The summed E-state index contributed by atoms with van der Waals surface area (Å²) in [7, 11) is 0. The molecule has 7 heavy (non-hydrogen) atoms. The Morgan fingerprint density at radius 2 is 2.71 bits per heavy atom. The highest BCUT2D eigenvalue weighted by Gasteiger charge is 2.29. The van der Waals surface area contributed by atoms with Crippen LogP contribution in [0.4, 0.5) is 0 Å². The molecule has 0 bridgehead atoms. The van der Waals surface area contributed by atoms with Gasteiger partial charge in [0.25, 0.3) is 0 Å². The first-order valence-corrected chi connectivity index (χ1v) is 2.79. The van der Waals surface area contributed by atoms with Crippen molar-refractivity contribution in [2.24, 2.45) is 5.92 Å². The summed E-state index contributed by atoms with van der Waals surface area (Å²) in [6.07, 6.45) is 4.80. The maximum atomic E-state index is 5.12. The van der Waals surface area contributed by atoms with E-state index < -0.39 is 0 Å². The topological polar surface area (TPSA) is 9.23 Å². The lowest BCUT2D eigenvalue weighted by molar-refractivity contribution is 0.0562. The Morgan fingerprint density at radius 1 is 1.71 bits per heavy atom. The van der Waals surface area contributed by atoms with E-state index in [-0.39, 0.29) is 0 Å². The molecular formula is C6H8O. The second kappa shape index (κ2) is 1.03. The van der Waals surface area contributed by atoms with Gasteiger partial charge >= 0.3 is 0 Å². The molecular weight excluding hydrogens is 88.1 g/mol. The molecule has 1 nitrogen and oxygen atoms in total. The van der Waals surface area contributed by atoms with Crippen LogP contribution in [0.1, 0.15) is 12.8 Å². The number of hydrogen-bond acceptors (Lipinski definition) is 1. The summed E-state index contributed by atoms with van der Waals surface area (Å²) in [4.78, 5) is 0. The standard InChI is InChI=1S/C6H8O/c1-2-5-4-7-6(5)3-1/h3,5H,1-2,4H2. The van der Waals surface area contributed by atoms with Crippen LogP contribution in [0, 0.1) is 5.92 Å². The van der Waals surface area contributed by atoms with Gasteiger partial charge in [-0.25, -0.2) is 0 Å². The van der Waals surface area contributed by atoms with Crippen LogP contribution in [0.2, 0.25) is 0 Å². The lowest BCUT2D eigenvalue weighted by Crippen LogP contribution is -2.20. The summed E-state index contributed by atoms with van der Waals surface area (Å²) in [5.74, 6) is 2.10. The third-order valence-electron chi connectivity index (χ3n) is 1.71. The summed E-state index contributed by atoms with van der Waals surface area (Å²) >= 11 is 0. The molecule has 1 heteroatoms. The maximum absolute atomic E-state index is 5.12. The Hall–Kier alpha value is -0.460. The number of allylic oxidation sites excluding steroid dienone is 1. The molecule has 0 radical (unpaired) electrons. The zero-order valence-corrected chi connectivity index (χ0v) is 4.18. The normalized spacial score (nSPS) is 35.4.